The first kappa shape index (κ1) is 24.7. The third-order valence-electron chi connectivity index (χ3n) is 5.10. The highest BCUT2D eigenvalue weighted by molar-refractivity contribution is 7.98. The molecule has 0 saturated heterocycles. The molecule has 1 N–H and O–H groups in total. The summed E-state index contributed by atoms with van der Waals surface area (Å²) in [5.74, 6) is 0.752. The molecule has 2 aromatic heterocycles. The van der Waals surface area contributed by atoms with Crippen LogP contribution in [0.2, 0.25) is 5.02 Å². The molecule has 0 unspecified atom stereocenters. The smallest absolute Gasteiger partial charge is 0.278 e. The van der Waals surface area contributed by atoms with Gasteiger partial charge in [0.2, 0.25) is 0 Å². The number of carbonyl (C=O) groups is 1. The van der Waals surface area contributed by atoms with E-state index in [1.165, 1.54) is 11.8 Å². The quantitative estimate of drug-likeness (QED) is 0.245. The van der Waals surface area contributed by atoms with Gasteiger partial charge in [0.1, 0.15) is 5.75 Å². The second-order valence-electron chi connectivity index (χ2n) is 7.86. The molecule has 8 nitrogen and oxygen atoms in total. The van der Waals surface area contributed by atoms with Crippen molar-refractivity contribution in [1.29, 1.82) is 0 Å². The van der Waals surface area contributed by atoms with Crippen molar-refractivity contribution in [2.45, 2.75) is 38.6 Å². The average molecular weight is 509 g/mol. The van der Waals surface area contributed by atoms with Crippen molar-refractivity contribution in [3.8, 4) is 11.4 Å². The fourth-order valence-corrected chi connectivity index (χ4v) is 4.53. The van der Waals surface area contributed by atoms with Crippen molar-refractivity contribution in [3.63, 3.8) is 0 Å². The Labute approximate surface area is 213 Å². The summed E-state index contributed by atoms with van der Waals surface area (Å²) in [7, 11) is 0. The first-order valence-corrected chi connectivity index (χ1v) is 12.4. The minimum Gasteiger partial charge on any atom is -0.494 e. The SMILES string of the molecule is CCOc1ccc(NC(=O)c2nnn(-c3ccc(C)c(Cl)c3)c2CSc2nc(C)cc(C)n2)cc1. The number of anilines is 1. The van der Waals surface area contributed by atoms with Gasteiger partial charge in [0, 0.05) is 27.9 Å². The highest BCUT2D eigenvalue weighted by Crippen LogP contribution is 2.26. The lowest BCUT2D eigenvalue weighted by Crippen LogP contribution is -2.15. The van der Waals surface area contributed by atoms with E-state index in [1.54, 1.807) is 35.0 Å². The summed E-state index contributed by atoms with van der Waals surface area (Å²) in [5, 5.41) is 12.6. The maximum atomic E-state index is 13.2. The highest BCUT2D eigenvalue weighted by Gasteiger charge is 2.22. The van der Waals surface area contributed by atoms with Crippen molar-refractivity contribution >= 4 is 35.0 Å². The lowest BCUT2D eigenvalue weighted by Gasteiger charge is -2.10. The van der Waals surface area contributed by atoms with Crippen molar-refractivity contribution in [2.24, 2.45) is 0 Å². The summed E-state index contributed by atoms with van der Waals surface area (Å²) < 4.78 is 7.10. The standard InChI is InChI=1S/C25H25ClN6O2S/c1-5-34-20-10-7-18(8-11-20)29-24(33)23-22(14-35-25-27-16(3)12-17(4)28-25)32(31-30-23)19-9-6-15(2)21(26)13-19/h6-13H,5,14H2,1-4H3,(H,29,33). The van der Waals surface area contributed by atoms with E-state index in [2.05, 4.69) is 25.6 Å². The van der Waals surface area contributed by atoms with Crippen LogP contribution in [0.25, 0.3) is 5.69 Å². The molecule has 35 heavy (non-hydrogen) atoms. The molecule has 0 radical (unpaired) electrons. The number of thioether (sulfide) groups is 1. The molecule has 0 aliphatic rings. The summed E-state index contributed by atoms with van der Waals surface area (Å²) in [5.41, 5.74) is 4.88. The van der Waals surface area contributed by atoms with E-state index in [9.17, 15) is 4.79 Å². The molecule has 0 fully saturated rings. The van der Waals surface area contributed by atoms with Gasteiger partial charge in [-0.15, -0.1) is 5.10 Å². The number of halogens is 1. The predicted molar refractivity (Wildman–Crippen MR) is 138 cm³/mol. The minimum absolute atomic E-state index is 0.215. The van der Waals surface area contributed by atoms with Crippen LogP contribution in [0.5, 0.6) is 5.75 Å². The van der Waals surface area contributed by atoms with Gasteiger partial charge in [0.15, 0.2) is 10.9 Å². The lowest BCUT2D eigenvalue weighted by molar-refractivity contribution is 0.102. The molecule has 2 heterocycles. The van der Waals surface area contributed by atoms with E-state index >= 15 is 0 Å². The fraction of sp³-hybridized carbons (Fsp3) is 0.240. The molecule has 0 atom stereocenters. The molecule has 0 spiro atoms. The van der Waals surface area contributed by atoms with Gasteiger partial charge in [0.05, 0.1) is 18.0 Å². The van der Waals surface area contributed by atoms with Gasteiger partial charge < -0.3 is 10.1 Å². The molecule has 0 saturated carbocycles. The van der Waals surface area contributed by atoms with Gasteiger partial charge >= 0.3 is 0 Å². The Balaban J connectivity index is 1.65. The topological polar surface area (TPSA) is 94.8 Å². The van der Waals surface area contributed by atoms with E-state index in [0.29, 0.717) is 39.6 Å². The third-order valence-corrected chi connectivity index (χ3v) is 6.37. The number of amides is 1. The normalized spacial score (nSPS) is 10.9. The zero-order valence-electron chi connectivity index (χ0n) is 19.9. The van der Waals surface area contributed by atoms with E-state index in [4.69, 9.17) is 16.3 Å². The number of aromatic nitrogens is 5. The zero-order valence-corrected chi connectivity index (χ0v) is 21.4. The summed E-state index contributed by atoms with van der Waals surface area (Å²) in [6.45, 7) is 8.27. The molecule has 4 aromatic rings. The molecular formula is C25H25ClN6O2S. The second kappa shape index (κ2) is 10.9. The Morgan fingerprint density at radius 2 is 1.77 bits per heavy atom. The molecule has 2 aromatic carbocycles. The van der Waals surface area contributed by atoms with Gasteiger partial charge in [-0.1, -0.05) is 34.6 Å². The predicted octanol–water partition coefficient (Wildman–Crippen LogP) is 5.58. The van der Waals surface area contributed by atoms with E-state index in [0.717, 1.165) is 22.7 Å². The van der Waals surface area contributed by atoms with E-state index < -0.39 is 0 Å². The van der Waals surface area contributed by atoms with E-state index in [-0.39, 0.29) is 11.6 Å². The molecule has 0 aliphatic carbocycles. The summed E-state index contributed by atoms with van der Waals surface area (Å²) in [6, 6.07) is 14.7. The van der Waals surface area contributed by atoms with E-state index in [1.807, 2.05) is 45.9 Å². The summed E-state index contributed by atoms with van der Waals surface area (Å²) >= 11 is 7.77. The molecule has 4 rings (SSSR count). The molecule has 0 aliphatic heterocycles. The number of hydrogen-bond donors (Lipinski definition) is 1. The fourth-order valence-electron chi connectivity index (χ4n) is 3.41. The molecule has 10 heteroatoms. The first-order valence-electron chi connectivity index (χ1n) is 11.0. The number of carbonyl (C=O) groups excluding carboxylic acids is 1. The van der Waals surface area contributed by atoms with Crippen LogP contribution in [0.3, 0.4) is 0 Å². The van der Waals surface area contributed by atoms with Crippen molar-refractivity contribution < 1.29 is 9.53 Å². The van der Waals surface area contributed by atoms with Gasteiger partial charge in [-0.3, -0.25) is 4.79 Å². The minimum atomic E-state index is -0.365. The van der Waals surface area contributed by atoms with Gasteiger partial charge in [-0.25, -0.2) is 14.6 Å². The Bertz CT molecular complexity index is 1340. The van der Waals surface area contributed by atoms with Gasteiger partial charge in [-0.05, 0) is 75.7 Å². The van der Waals surface area contributed by atoms with Crippen LogP contribution in [-0.2, 0) is 5.75 Å². The first-order chi connectivity index (χ1) is 16.8. The number of rotatable bonds is 8. The summed E-state index contributed by atoms with van der Waals surface area (Å²) in [4.78, 5) is 22.2. The van der Waals surface area contributed by atoms with Crippen LogP contribution >= 0.6 is 23.4 Å². The Morgan fingerprint density at radius 3 is 2.43 bits per heavy atom. The number of hydrogen-bond acceptors (Lipinski definition) is 7. The second-order valence-corrected chi connectivity index (χ2v) is 9.21. The van der Waals surface area contributed by atoms with Crippen LogP contribution in [0.4, 0.5) is 5.69 Å². The van der Waals surface area contributed by atoms with Crippen LogP contribution < -0.4 is 10.1 Å². The average Bonchev–Trinajstić information content (AvgIpc) is 3.24. The van der Waals surface area contributed by atoms with Crippen molar-refractivity contribution in [1.82, 2.24) is 25.0 Å². The molecule has 1 amide bonds. The van der Waals surface area contributed by atoms with Crippen LogP contribution in [-0.4, -0.2) is 37.5 Å². The molecular weight excluding hydrogens is 484 g/mol. The van der Waals surface area contributed by atoms with Gasteiger partial charge in [0.25, 0.3) is 5.91 Å². The molecule has 0 bridgehead atoms. The van der Waals surface area contributed by atoms with Crippen LogP contribution in [0.15, 0.2) is 53.7 Å². The third kappa shape index (κ3) is 5.98. The largest absolute Gasteiger partial charge is 0.494 e. The number of ether oxygens (including phenoxy) is 1. The Morgan fingerprint density at radius 1 is 1.06 bits per heavy atom. The number of nitrogens with one attached hydrogen (secondary N) is 1. The number of benzene rings is 2. The summed E-state index contributed by atoms with van der Waals surface area (Å²) in [6.07, 6.45) is 0. The Hall–Kier alpha value is -3.43. The zero-order chi connectivity index (χ0) is 24.9. The maximum absolute atomic E-state index is 13.2. The monoisotopic (exact) mass is 508 g/mol. The number of aryl methyl sites for hydroxylation is 3. The Kier molecular flexibility index (Phi) is 7.67. The van der Waals surface area contributed by atoms with Crippen LogP contribution in [0, 0.1) is 20.8 Å². The lowest BCUT2D eigenvalue weighted by atomic mass is 10.2. The van der Waals surface area contributed by atoms with Crippen LogP contribution in [0.1, 0.15) is 40.1 Å². The highest BCUT2D eigenvalue weighted by atomic mass is 35.5. The molecule has 180 valence electrons. The maximum Gasteiger partial charge on any atom is 0.278 e. The van der Waals surface area contributed by atoms with Crippen molar-refractivity contribution in [2.75, 3.05) is 11.9 Å². The van der Waals surface area contributed by atoms with Gasteiger partial charge in [-0.2, -0.15) is 0 Å². The van der Waals surface area contributed by atoms with Crippen molar-refractivity contribution in [3.05, 3.63) is 81.9 Å². The number of nitrogens with zero attached hydrogens (tertiary/aromatic N) is 5.